The first-order valence-corrected chi connectivity index (χ1v) is 7.81. The molecule has 0 aromatic carbocycles. The Morgan fingerprint density at radius 3 is 2.71 bits per heavy atom. The van der Waals surface area contributed by atoms with Gasteiger partial charge in [0.15, 0.2) is 0 Å². The van der Waals surface area contributed by atoms with E-state index < -0.39 is 0 Å². The lowest BCUT2D eigenvalue weighted by Crippen LogP contribution is -2.47. The molecule has 1 N–H and O–H groups in total. The maximum Gasteiger partial charge on any atom is 0.0123 e. The van der Waals surface area contributed by atoms with Crippen LogP contribution in [0.2, 0.25) is 0 Å². The number of hydrogen-bond donors (Lipinski definition) is 1. The summed E-state index contributed by atoms with van der Waals surface area (Å²) in [7, 11) is 0. The maximum atomic E-state index is 3.99. The van der Waals surface area contributed by atoms with Gasteiger partial charge < -0.3 is 10.2 Å². The smallest absolute Gasteiger partial charge is 0.0123 e. The van der Waals surface area contributed by atoms with Crippen LogP contribution in [-0.2, 0) is 0 Å². The lowest BCUT2D eigenvalue weighted by Gasteiger charge is -2.34. The Morgan fingerprint density at radius 1 is 1.12 bits per heavy atom. The van der Waals surface area contributed by atoms with Crippen LogP contribution < -0.4 is 5.32 Å². The SMILES string of the molecule is CCCCC(CCC)NC1CCN2CCC1C2. The molecule has 2 aliphatic rings. The molecule has 2 rings (SSSR count). The summed E-state index contributed by atoms with van der Waals surface area (Å²) in [6.45, 7) is 8.68. The normalized spacial score (nSPS) is 33.9. The third-order valence-electron chi connectivity index (χ3n) is 4.63. The Kier molecular flexibility index (Phi) is 5.30. The molecule has 2 saturated heterocycles. The number of fused-ring (bicyclic) bond motifs is 2. The minimum absolute atomic E-state index is 0.789. The van der Waals surface area contributed by atoms with E-state index in [0.717, 1.165) is 18.0 Å². The molecule has 0 aromatic rings. The van der Waals surface area contributed by atoms with Gasteiger partial charge in [-0.15, -0.1) is 0 Å². The molecular formula is C15H30N2. The molecule has 0 saturated carbocycles. The highest BCUT2D eigenvalue weighted by atomic mass is 15.2. The van der Waals surface area contributed by atoms with Crippen molar-refractivity contribution in [1.82, 2.24) is 10.2 Å². The van der Waals surface area contributed by atoms with Gasteiger partial charge in [-0.25, -0.2) is 0 Å². The van der Waals surface area contributed by atoms with E-state index in [2.05, 4.69) is 24.1 Å². The number of hydrogen-bond acceptors (Lipinski definition) is 2. The third kappa shape index (κ3) is 3.69. The van der Waals surface area contributed by atoms with Crippen LogP contribution in [0.3, 0.4) is 0 Å². The highest BCUT2D eigenvalue weighted by Gasteiger charge is 2.34. The van der Waals surface area contributed by atoms with Crippen LogP contribution in [0.5, 0.6) is 0 Å². The minimum atomic E-state index is 0.789. The van der Waals surface area contributed by atoms with Crippen molar-refractivity contribution in [2.75, 3.05) is 19.6 Å². The molecule has 2 aliphatic heterocycles. The van der Waals surface area contributed by atoms with E-state index in [1.54, 1.807) is 0 Å². The van der Waals surface area contributed by atoms with Crippen molar-refractivity contribution < 1.29 is 0 Å². The summed E-state index contributed by atoms with van der Waals surface area (Å²) in [6.07, 6.45) is 9.63. The van der Waals surface area contributed by atoms with Crippen LogP contribution in [0.4, 0.5) is 0 Å². The first kappa shape index (κ1) is 13.4. The zero-order valence-electron chi connectivity index (χ0n) is 11.8. The van der Waals surface area contributed by atoms with Gasteiger partial charge >= 0.3 is 0 Å². The molecule has 0 amide bonds. The van der Waals surface area contributed by atoms with Crippen molar-refractivity contribution >= 4 is 0 Å². The van der Waals surface area contributed by atoms with E-state index in [0.29, 0.717) is 0 Å². The summed E-state index contributed by atoms with van der Waals surface area (Å²) in [5, 5.41) is 3.99. The second-order valence-electron chi connectivity index (χ2n) is 6.04. The van der Waals surface area contributed by atoms with Gasteiger partial charge in [0.25, 0.3) is 0 Å². The van der Waals surface area contributed by atoms with Crippen molar-refractivity contribution in [3.63, 3.8) is 0 Å². The van der Waals surface area contributed by atoms with Crippen LogP contribution in [0.1, 0.15) is 58.8 Å². The van der Waals surface area contributed by atoms with Crippen LogP contribution in [0.15, 0.2) is 0 Å². The molecular weight excluding hydrogens is 208 g/mol. The summed E-state index contributed by atoms with van der Waals surface area (Å²) in [6, 6.07) is 1.61. The topological polar surface area (TPSA) is 15.3 Å². The zero-order valence-corrected chi connectivity index (χ0v) is 11.8. The Labute approximate surface area is 107 Å². The van der Waals surface area contributed by atoms with Crippen molar-refractivity contribution in [3.8, 4) is 0 Å². The van der Waals surface area contributed by atoms with Crippen LogP contribution in [0.25, 0.3) is 0 Å². The van der Waals surface area contributed by atoms with Gasteiger partial charge in [0.1, 0.15) is 0 Å². The Balaban J connectivity index is 1.79. The van der Waals surface area contributed by atoms with Gasteiger partial charge in [-0.05, 0) is 44.7 Å². The van der Waals surface area contributed by atoms with Gasteiger partial charge in [0, 0.05) is 18.6 Å². The molecule has 2 heterocycles. The molecule has 2 fully saturated rings. The fourth-order valence-electron chi connectivity index (χ4n) is 3.58. The molecule has 17 heavy (non-hydrogen) atoms. The number of unbranched alkanes of at least 4 members (excludes halogenated alkanes) is 1. The zero-order chi connectivity index (χ0) is 12.1. The summed E-state index contributed by atoms with van der Waals surface area (Å²) in [5.41, 5.74) is 0. The van der Waals surface area contributed by atoms with Crippen molar-refractivity contribution in [1.29, 1.82) is 0 Å². The first-order chi connectivity index (χ1) is 8.33. The fourth-order valence-corrected chi connectivity index (χ4v) is 3.58. The predicted octanol–water partition coefficient (Wildman–Crippen LogP) is 3.03. The van der Waals surface area contributed by atoms with E-state index in [1.807, 2.05) is 0 Å². The predicted molar refractivity (Wildman–Crippen MR) is 74.3 cm³/mol. The van der Waals surface area contributed by atoms with E-state index in [1.165, 1.54) is 64.6 Å². The quantitative estimate of drug-likeness (QED) is 0.733. The van der Waals surface area contributed by atoms with Crippen molar-refractivity contribution in [2.45, 2.75) is 70.9 Å². The summed E-state index contributed by atoms with van der Waals surface area (Å²) in [5.74, 6) is 0.949. The standard InChI is InChI=1S/C15H30N2/c1-3-5-7-14(6-4-2)16-15-9-11-17-10-8-13(15)12-17/h13-16H,3-12H2,1-2H3. The fraction of sp³-hybridized carbons (Fsp3) is 1.00. The average molecular weight is 238 g/mol. The van der Waals surface area contributed by atoms with Gasteiger partial charge in [-0.3, -0.25) is 0 Å². The third-order valence-corrected chi connectivity index (χ3v) is 4.63. The molecule has 4 unspecified atom stereocenters. The number of nitrogens with zero attached hydrogens (tertiary/aromatic N) is 1. The highest BCUT2D eigenvalue weighted by Crippen LogP contribution is 2.28. The molecule has 2 heteroatoms. The maximum absolute atomic E-state index is 3.99. The molecule has 0 aromatic heterocycles. The second kappa shape index (κ2) is 6.75. The van der Waals surface area contributed by atoms with E-state index in [4.69, 9.17) is 0 Å². The molecule has 4 atom stereocenters. The monoisotopic (exact) mass is 238 g/mol. The molecule has 0 spiro atoms. The van der Waals surface area contributed by atoms with E-state index in [-0.39, 0.29) is 0 Å². The highest BCUT2D eigenvalue weighted by molar-refractivity contribution is 4.92. The summed E-state index contributed by atoms with van der Waals surface area (Å²) in [4.78, 5) is 2.64. The lowest BCUT2D eigenvalue weighted by atomic mass is 9.92. The first-order valence-electron chi connectivity index (χ1n) is 7.81. The average Bonchev–Trinajstić information content (AvgIpc) is 2.73. The van der Waals surface area contributed by atoms with E-state index in [9.17, 15) is 0 Å². The summed E-state index contributed by atoms with van der Waals surface area (Å²) < 4.78 is 0. The van der Waals surface area contributed by atoms with Crippen LogP contribution in [0, 0.1) is 5.92 Å². The number of rotatable bonds is 7. The van der Waals surface area contributed by atoms with Gasteiger partial charge in [0.05, 0.1) is 0 Å². The van der Waals surface area contributed by atoms with Crippen molar-refractivity contribution in [3.05, 3.63) is 0 Å². The second-order valence-corrected chi connectivity index (χ2v) is 6.04. The Morgan fingerprint density at radius 2 is 1.94 bits per heavy atom. The molecule has 0 aliphatic carbocycles. The Hall–Kier alpha value is -0.0800. The Bertz CT molecular complexity index is 217. The van der Waals surface area contributed by atoms with E-state index >= 15 is 0 Å². The summed E-state index contributed by atoms with van der Waals surface area (Å²) >= 11 is 0. The van der Waals surface area contributed by atoms with Crippen LogP contribution in [-0.4, -0.2) is 36.6 Å². The molecule has 100 valence electrons. The van der Waals surface area contributed by atoms with Crippen molar-refractivity contribution in [2.24, 2.45) is 5.92 Å². The largest absolute Gasteiger partial charge is 0.311 e. The van der Waals surface area contributed by atoms with Gasteiger partial charge in [-0.1, -0.05) is 33.1 Å². The molecule has 2 bridgehead atoms. The van der Waals surface area contributed by atoms with Gasteiger partial charge in [-0.2, -0.15) is 0 Å². The molecule has 2 nitrogen and oxygen atoms in total. The van der Waals surface area contributed by atoms with Crippen LogP contribution >= 0.6 is 0 Å². The van der Waals surface area contributed by atoms with Gasteiger partial charge in [0.2, 0.25) is 0 Å². The minimum Gasteiger partial charge on any atom is -0.311 e. The molecule has 0 radical (unpaired) electrons. The number of nitrogens with one attached hydrogen (secondary N) is 1. The lowest BCUT2D eigenvalue weighted by molar-refractivity contribution is 0.204. The number of piperidine rings is 1.